The summed E-state index contributed by atoms with van der Waals surface area (Å²) >= 11 is 0. The maximum absolute atomic E-state index is 12.4. The zero-order valence-corrected chi connectivity index (χ0v) is 19.2. The van der Waals surface area contributed by atoms with Crippen LogP contribution in [0, 0.1) is 11.8 Å². The molecule has 0 spiro atoms. The zero-order valence-electron chi connectivity index (χ0n) is 19.2. The second-order valence-corrected chi connectivity index (χ2v) is 8.41. The first-order valence-electron chi connectivity index (χ1n) is 11.2. The maximum atomic E-state index is 12.4. The molecule has 0 unspecified atom stereocenters. The summed E-state index contributed by atoms with van der Waals surface area (Å²) in [5.74, 6) is 4.94. The van der Waals surface area contributed by atoms with Gasteiger partial charge in [0.05, 0.1) is 18.2 Å². The summed E-state index contributed by atoms with van der Waals surface area (Å²) in [7, 11) is 0. The number of rotatable bonds is 4. The molecule has 0 fully saturated rings. The number of aromatic carboxylic acids is 1. The Kier molecular flexibility index (Phi) is 6.67. The molecule has 34 heavy (non-hydrogen) atoms. The molecule has 4 N–H and O–H groups in total. The van der Waals surface area contributed by atoms with Crippen molar-refractivity contribution in [3.8, 4) is 23.0 Å². The van der Waals surface area contributed by atoms with Crippen LogP contribution in [0.1, 0.15) is 47.8 Å². The van der Waals surface area contributed by atoms with Gasteiger partial charge in [0.2, 0.25) is 5.91 Å². The van der Waals surface area contributed by atoms with Crippen molar-refractivity contribution in [3.05, 3.63) is 83.4 Å². The number of carboxylic acid groups (broad SMARTS) is 1. The van der Waals surface area contributed by atoms with Crippen LogP contribution in [0.2, 0.25) is 0 Å². The molecule has 1 aliphatic heterocycles. The number of carbonyl (C=O) groups is 2. The van der Waals surface area contributed by atoms with Crippen LogP contribution in [0.15, 0.2) is 66.7 Å². The molecule has 6 nitrogen and oxygen atoms in total. The van der Waals surface area contributed by atoms with Gasteiger partial charge < -0.3 is 21.1 Å². The van der Waals surface area contributed by atoms with Gasteiger partial charge in [0, 0.05) is 29.9 Å². The molecule has 0 aromatic heterocycles. The first-order valence-corrected chi connectivity index (χ1v) is 11.2. The molecule has 2 atom stereocenters. The topological polar surface area (TPSA) is 95.7 Å². The van der Waals surface area contributed by atoms with Crippen LogP contribution in [0.4, 0.5) is 11.4 Å². The zero-order chi connectivity index (χ0) is 24.2. The van der Waals surface area contributed by atoms with E-state index in [1.165, 1.54) is 0 Å². The summed E-state index contributed by atoms with van der Waals surface area (Å²) in [5.41, 5.74) is 11.4. The van der Waals surface area contributed by atoms with E-state index in [1.807, 2.05) is 53.4 Å². The molecular weight excluding hydrogens is 426 g/mol. The third kappa shape index (κ3) is 4.80. The van der Waals surface area contributed by atoms with Crippen molar-refractivity contribution < 1.29 is 14.7 Å². The fraction of sp³-hybridized carbons (Fsp3) is 0.214. The van der Waals surface area contributed by atoms with E-state index in [0.717, 1.165) is 40.0 Å². The van der Waals surface area contributed by atoms with Gasteiger partial charge in [-0.05, 0) is 78.6 Å². The lowest BCUT2D eigenvalue weighted by atomic mass is 9.88. The van der Waals surface area contributed by atoms with Crippen molar-refractivity contribution in [2.24, 2.45) is 5.73 Å². The number of carbonyl (C=O) groups excluding carboxylic acids is 1. The molecule has 6 heteroatoms. The lowest BCUT2D eigenvalue weighted by molar-refractivity contribution is -0.117. The summed E-state index contributed by atoms with van der Waals surface area (Å²) in [6, 6.07) is 20.8. The summed E-state index contributed by atoms with van der Waals surface area (Å²) in [6.45, 7) is 3.97. The highest BCUT2D eigenvalue weighted by atomic mass is 16.4. The summed E-state index contributed by atoms with van der Waals surface area (Å²) in [4.78, 5) is 25.5. The van der Waals surface area contributed by atoms with E-state index < -0.39 is 5.97 Å². The molecule has 1 heterocycles. The molecule has 1 amide bonds. The molecule has 3 aromatic carbocycles. The third-order valence-corrected chi connectivity index (χ3v) is 6.05. The van der Waals surface area contributed by atoms with Gasteiger partial charge in [0.25, 0.3) is 0 Å². The Labute approximate surface area is 199 Å². The molecule has 4 rings (SSSR count). The van der Waals surface area contributed by atoms with Crippen LogP contribution in [0.25, 0.3) is 11.1 Å². The Hall–Kier alpha value is -4.08. The fourth-order valence-corrected chi connectivity index (χ4v) is 4.47. The highest BCUT2D eigenvalue weighted by Gasteiger charge is 2.32. The number of nitrogens with one attached hydrogen (secondary N) is 1. The van der Waals surface area contributed by atoms with Gasteiger partial charge in [-0.3, -0.25) is 4.79 Å². The van der Waals surface area contributed by atoms with Crippen LogP contribution in [0.5, 0.6) is 0 Å². The molecule has 0 radical (unpaired) electrons. The van der Waals surface area contributed by atoms with Crippen molar-refractivity contribution in [1.29, 1.82) is 0 Å². The molecule has 1 aliphatic rings. The van der Waals surface area contributed by atoms with Gasteiger partial charge in [0.15, 0.2) is 0 Å². The summed E-state index contributed by atoms with van der Waals surface area (Å²) in [6.07, 6.45) is 0.753. The number of anilines is 2. The highest BCUT2D eigenvalue weighted by molar-refractivity contribution is 5.94. The minimum absolute atomic E-state index is 0.000168. The van der Waals surface area contributed by atoms with Crippen LogP contribution in [0.3, 0.4) is 0 Å². The predicted octanol–water partition coefficient (Wildman–Crippen LogP) is 4.66. The molecule has 0 aliphatic carbocycles. The van der Waals surface area contributed by atoms with Crippen molar-refractivity contribution in [1.82, 2.24) is 0 Å². The van der Waals surface area contributed by atoms with E-state index >= 15 is 0 Å². The molecule has 0 saturated heterocycles. The summed E-state index contributed by atoms with van der Waals surface area (Å²) in [5, 5.41) is 12.8. The van der Waals surface area contributed by atoms with Crippen molar-refractivity contribution in [3.63, 3.8) is 0 Å². The number of hydrogen-bond donors (Lipinski definition) is 3. The Morgan fingerprint density at radius 2 is 1.74 bits per heavy atom. The van der Waals surface area contributed by atoms with Gasteiger partial charge >= 0.3 is 5.97 Å². The van der Waals surface area contributed by atoms with E-state index in [4.69, 9.17) is 5.73 Å². The third-order valence-electron chi connectivity index (χ3n) is 6.05. The van der Waals surface area contributed by atoms with Gasteiger partial charge in [0.1, 0.15) is 0 Å². The second kappa shape index (κ2) is 9.82. The molecule has 0 bridgehead atoms. The van der Waals surface area contributed by atoms with Crippen LogP contribution >= 0.6 is 0 Å². The number of nitrogens with two attached hydrogens (primary N) is 1. The number of amides is 1. The van der Waals surface area contributed by atoms with Gasteiger partial charge in [-0.1, -0.05) is 30.0 Å². The number of nitrogens with zero attached hydrogens (tertiary/aromatic N) is 1. The Morgan fingerprint density at radius 1 is 1.06 bits per heavy atom. The van der Waals surface area contributed by atoms with E-state index in [0.29, 0.717) is 6.54 Å². The molecule has 172 valence electrons. The normalized spacial score (nSPS) is 16.7. The lowest BCUT2D eigenvalue weighted by Gasteiger charge is -2.39. The first kappa shape index (κ1) is 23.1. The van der Waals surface area contributed by atoms with E-state index in [1.54, 1.807) is 19.1 Å². The number of carboxylic acids is 1. The Bertz CT molecular complexity index is 1270. The SMILES string of the molecule is CC(=O)N1c2ccc(-c3ccc(C(=O)O)cc3)cc2[C@H](Nc2ccc(C#CCN)cc2)C[C@@H]1C. The maximum Gasteiger partial charge on any atom is 0.335 e. The number of hydrogen-bond acceptors (Lipinski definition) is 4. The van der Waals surface area contributed by atoms with E-state index in [2.05, 4.69) is 30.1 Å². The number of fused-ring (bicyclic) bond motifs is 1. The van der Waals surface area contributed by atoms with Crippen LogP contribution in [-0.2, 0) is 4.79 Å². The smallest absolute Gasteiger partial charge is 0.335 e. The average molecular weight is 454 g/mol. The second-order valence-electron chi connectivity index (χ2n) is 8.41. The van der Waals surface area contributed by atoms with E-state index in [-0.39, 0.29) is 23.6 Å². The van der Waals surface area contributed by atoms with Crippen molar-refractivity contribution >= 4 is 23.3 Å². The van der Waals surface area contributed by atoms with Crippen molar-refractivity contribution in [2.45, 2.75) is 32.4 Å². The van der Waals surface area contributed by atoms with Crippen LogP contribution < -0.4 is 16.0 Å². The first-order chi connectivity index (χ1) is 16.4. The minimum Gasteiger partial charge on any atom is -0.478 e. The quantitative estimate of drug-likeness (QED) is 0.500. The largest absolute Gasteiger partial charge is 0.478 e. The Balaban J connectivity index is 1.70. The van der Waals surface area contributed by atoms with E-state index in [9.17, 15) is 14.7 Å². The summed E-state index contributed by atoms with van der Waals surface area (Å²) < 4.78 is 0. The van der Waals surface area contributed by atoms with Gasteiger partial charge in [-0.2, -0.15) is 0 Å². The van der Waals surface area contributed by atoms with Gasteiger partial charge in [-0.15, -0.1) is 0 Å². The monoisotopic (exact) mass is 453 g/mol. The van der Waals surface area contributed by atoms with Crippen molar-refractivity contribution in [2.75, 3.05) is 16.8 Å². The lowest BCUT2D eigenvalue weighted by Crippen LogP contribution is -2.43. The predicted molar refractivity (Wildman–Crippen MR) is 135 cm³/mol. The fourth-order valence-electron chi connectivity index (χ4n) is 4.47. The average Bonchev–Trinajstić information content (AvgIpc) is 2.83. The standard InChI is InChI=1S/C28H27N3O3/c1-18-16-26(30-24-12-5-20(6-13-24)4-3-15-29)25-17-23(11-14-27(25)31(18)19(2)32)21-7-9-22(10-8-21)28(33)34/h5-14,17-18,26,30H,15-16,29H2,1-2H3,(H,33,34)/t18-,26+/m0/s1. The molecule has 3 aromatic rings. The van der Waals surface area contributed by atoms with Gasteiger partial charge in [-0.25, -0.2) is 4.79 Å². The molecule has 0 saturated carbocycles. The highest BCUT2D eigenvalue weighted by Crippen LogP contribution is 2.41. The van der Waals surface area contributed by atoms with Crippen LogP contribution in [-0.4, -0.2) is 29.6 Å². The Morgan fingerprint density at radius 3 is 2.35 bits per heavy atom. The minimum atomic E-state index is -0.952. The molecular formula is C28H27N3O3. The number of benzene rings is 3.